The van der Waals surface area contributed by atoms with Crippen LogP contribution in [0.4, 0.5) is 0 Å². The molecule has 0 spiro atoms. The van der Waals surface area contributed by atoms with Crippen LogP contribution in [0.3, 0.4) is 0 Å². The molecule has 18 heavy (non-hydrogen) atoms. The van der Waals surface area contributed by atoms with Crippen LogP contribution in [0, 0.1) is 13.8 Å². The third-order valence-electron chi connectivity index (χ3n) is 3.38. The molecule has 0 heterocycles. The van der Waals surface area contributed by atoms with Gasteiger partial charge < -0.3 is 5.32 Å². The Morgan fingerprint density at radius 1 is 0.944 bits per heavy atom. The molecular formula is C17H29N. The van der Waals surface area contributed by atoms with E-state index in [0.717, 1.165) is 6.54 Å². The van der Waals surface area contributed by atoms with Gasteiger partial charge >= 0.3 is 0 Å². The van der Waals surface area contributed by atoms with Crippen LogP contribution in [-0.2, 0) is 6.42 Å². The molecule has 0 aromatic heterocycles. The molecule has 1 nitrogen and oxygen atoms in total. The first-order chi connectivity index (χ1) is 8.65. The minimum Gasteiger partial charge on any atom is -0.314 e. The lowest BCUT2D eigenvalue weighted by Gasteiger charge is -2.18. The second-order valence-corrected chi connectivity index (χ2v) is 5.47. The van der Waals surface area contributed by atoms with Crippen LogP contribution in [0.2, 0.25) is 0 Å². The average Bonchev–Trinajstić information content (AvgIpc) is 2.31. The number of benzene rings is 1. The minimum atomic E-state index is 0.691. The number of hydrogen-bond acceptors (Lipinski definition) is 1. The largest absolute Gasteiger partial charge is 0.314 e. The lowest BCUT2D eigenvalue weighted by molar-refractivity contribution is 0.449. The van der Waals surface area contributed by atoms with Crippen molar-refractivity contribution in [1.29, 1.82) is 0 Å². The first-order valence-corrected chi connectivity index (χ1v) is 7.46. The predicted octanol–water partition coefficient (Wildman–Crippen LogP) is 4.40. The van der Waals surface area contributed by atoms with Crippen molar-refractivity contribution in [2.24, 2.45) is 0 Å². The highest BCUT2D eigenvalue weighted by Crippen LogP contribution is 2.13. The fourth-order valence-electron chi connectivity index (χ4n) is 2.60. The smallest absolute Gasteiger partial charge is 0.00701 e. The van der Waals surface area contributed by atoms with Gasteiger partial charge in [-0.25, -0.2) is 0 Å². The molecule has 0 radical (unpaired) electrons. The molecule has 1 heteroatoms. The Balaban J connectivity index is 2.49. The normalized spacial score (nSPS) is 12.7. The van der Waals surface area contributed by atoms with Crippen molar-refractivity contribution in [3.63, 3.8) is 0 Å². The monoisotopic (exact) mass is 247 g/mol. The second kappa shape index (κ2) is 8.31. The Bertz CT molecular complexity index is 323. The van der Waals surface area contributed by atoms with Gasteiger partial charge in [-0.3, -0.25) is 0 Å². The topological polar surface area (TPSA) is 12.0 Å². The Morgan fingerprint density at radius 2 is 1.61 bits per heavy atom. The fourth-order valence-corrected chi connectivity index (χ4v) is 2.60. The predicted molar refractivity (Wildman–Crippen MR) is 81.2 cm³/mol. The Labute approximate surface area is 113 Å². The van der Waals surface area contributed by atoms with Crippen molar-refractivity contribution in [1.82, 2.24) is 5.32 Å². The highest BCUT2D eigenvalue weighted by atomic mass is 14.9. The zero-order chi connectivity index (χ0) is 13.4. The van der Waals surface area contributed by atoms with Gasteiger partial charge in [-0.2, -0.15) is 0 Å². The highest BCUT2D eigenvalue weighted by molar-refractivity contribution is 5.28. The van der Waals surface area contributed by atoms with Gasteiger partial charge in [0.25, 0.3) is 0 Å². The zero-order valence-electron chi connectivity index (χ0n) is 12.6. The first-order valence-electron chi connectivity index (χ1n) is 7.46. The molecule has 102 valence electrons. The van der Waals surface area contributed by atoms with Crippen molar-refractivity contribution < 1.29 is 0 Å². The van der Waals surface area contributed by atoms with E-state index in [1.165, 1.54) is 48.8 Å². The summed E-state index contributed by atoms with van der Waals surface area (Å²) in [7, 11) is 0. The van der Waals surface area contributed by atoms with Crippen molar-refractivity contribution in [2.75, 3.05) is 6.54 Å². The maximum atomic E-state index is 3.67. The Morgan fingerprint density at radius 3 is 2.17 bits per heavy atom. The van der Waals surface area contributed by atoms with Crippen LogP contribution in [0.15, 0.2) is 18.2 Å². The molecule has 0 amide bonds. The Hall–Kier alpha value is -0.820. The lowest BCUT2D eigenvalue weighted by Crippen LogP contribution is -2.30. The summed E-state index contributed by atoms with van der Waals surface area (Å²) in [6.07, 6.45) is 6.25. The fraction of sp³-hybridized carbons (Fsp3) is 0.647. The molecule has 0 aliphatic rings. The molecule has 0 saturated carbocycles. The lowest BCUT2D eigenvalue weighted by atomic mass is 9.99. The summed E-state index contributed by atoms with van der Waals surface area (Å²) in [6, 6.07) is 7.60. The third-order valence-corrected chi connectivity index (χ3v) is 3.38. The van der Waals surface area contributed by atoms with Crippen LogP contribution >= 0.6 is 0 Å². The summed E-state index contributed by atoms with van der Waals surface area (Å²) in [5, 5.41) is 3.67. The van der Waals surface area contributed by atoms with Gasteiger partial charge in [0, 0.05) is 6.04 Å². The molecule has 1 unspecified atom stereocenters. The van der Waals surface area contributed by atoms with E-state index in [1.54, 1.807) is 0 Å². The van der Waals surface area contributed by atoms with Crippen LogP contribution in [0.25, 0.3) is 0 Å². The second-order valence-electron chi connectivity index (χ2n) is 5.47. The number of hydrogen-bond donors (Lipinski definition) is 1. The van der Waals surface area contributed by atoms with Crippen LogP contribution in [0.1, 0.15) is 56.2 Å². The number of rotatable bonds is 8. The summed E-state index contributed by atoms with van der Waals surface area (Å²) in [6.45, 7) is 10.0. The quantitative estimate of drug-likeness (QED) is 0.717. The molecular weight excluding hydrogens is 218 g/mol. The van der Waals surface area contributed by atoms with Gasteiger partial charge in [-0.1, -0.05) is 49.6 Å². The molecule has 1 N–H and O–H groups in total. The van der Waals surface area contributed by atoms with E-state index < -0.39 is 0 Å². The van der Waals surface area contributed by atoms with Gasteiger partial charge in [-0.15, -0.1) is 0 Å². The maximum Gasteiger partial charge on any atom is 0.00701 e. The third kappa shape index (κ3) is 5.68. The number of nitrogens with one attached hydrogen (secondary N) is 1. The SMILES string of the molecule is CCCNC(CCC)CCc1cc(C)cc(C)c1. The summed E-state index contributed by atoms with van der Waals surface area (Å²) < 4.78 is 0. The van der Waals surface area contributed by atoms with E-state index in [2.05, 4.69) is 51.2 Å². The summed E-state index contributed by atoms with van der Waals surface area (Å²) in [5.41, 5.74) is 4.27. The molecule has 1 aromatic rings. The molecule has 1 atom stereocenters. The average molecular weight is 247 g/mol. The van der Waals surface area contributed by atoms with Crippen molar-refractivity contribution in [3.05, 3.63) is 34.9 Å². The maximum absolute atomic E-state index is 3.67. The molecule has 0 saturated heterocycles. The molecule has 0 fully saturated rings. The van der Waals surface area contributed by atoms with Crippen LogP contribution < -0.4 is 5.32 Å². The summed E-state index contributed by atoms with van der Waals surface area (Å²) >= 11 is 0. The van der Waals surface area contributed by atoms with Gasteiger partial charge in [0.15, 0.2) is 0 Å². The number of aryl methyl sites for hydroxylation is 3. The van der Waals surface area contributed by atoms with Crippen molar-refractivity contribution in [2.45, 2.75) is 65.8 Å². The van der Waals surface area contributed by atoms with E-state index in [4.69, 9.17) is 0 Å². The van der Waals surface area contributed by atoms with Gasteiger partial charge in [-0.05, 0) is 51.6 Å². The molecule has 1 rings (SSSR count). The Kier molecular flexibility index (Phi) is 7.04. The van der Waals surface area contributed by atoms with E-state index in [9.17, 15) is 0 Å². The van der Waals surface area contributed by atoms with Crippen LogP contribution in [0.5, 0.6) is 0 Å². The van der Waals surface area contributed by atoms with Gasteiger partial charge in [0.1, 0.15) is 0 Å². The van der Waals surface area contributed by atoms with Gasteiger partial charge in [0.05, 0.1) is 0 Å². The highest BCUT2D eigenvalue weighted by Gasteiger charge is 2.07. The molecule has 0 aliphatic carbocycles. The standard InChI is InChI=1S/C17H29N/c1-5-7-17(18-10-6-2)9-8-16-12-14(3)11-15(4)13-16/h11-13,17-18H,5-10H2,1-4H3. The van der Waals surface area contributed by atoms with E-state index in [-0.39, 0.29) is 0 Å². The van der Waals surface area contributed by atoms with Crippen molar-refractivity contribution >= 4 is 0 Å². The van der Waals surface area contributed by atoms with E-state index in [1.807, 2.05) is 0 Å². The van der Waals surface area contributed by atoms with Crippen LogP contribution in [-0.4, -0.2) is 12.6 Å². The summed E-state index contributed by atoms with van der Waals surface area (Å²) in [4.78, 5) is 0. The minimum absolute atomic E-state index is 0.691. The van der Waals surface area contributed by atoms with Gasteiger partial charge in [0.2, 0.25) is 0 Å². The molecule has 0 bridgehead atoms. The molecule has 0 aliphatic heterocycles. The first kappa shape index (κ1) is 15.2. The molecule has 1 aromatic carbocycles. The zero-order valence-corrected chi connectivity index (χ0v) is 12.6. The van der Waals surface area contributed by atoms with E-state index in [0.29, 0.717) is 6.04 Å². The summed E-state index contributed by atoms with van der Waals surface area (Å²) in [5.74, 6) is 0. The van der Waals surface area contributed by atoms with Crippen molar-refractivity contribution in [3.8, 4) is 0 Å². The van der Waals surface area contributed by atoms with E-state index >= 15 is 0 Å².